The van der Waals surface area contributed by atoms with Gasteiger partial charge in [0.15, 0.2) is 5.82 Å². The lowest BCUT2D eigenvalue weighted by Gasteiger charge is -2.03. The van der Waals surface area contributed by atoms with Crippen LogP contribution in [0.5, 0.6) is 0 Å². The van der Waals surface area contributed by atoms with E-state index >= 15 is 0 Å². The zero-order valence-corrected chi connectivity index (χ0v) is 8.36. The lowest BCUT2D eigenvalue weighted by molar-refractivity contribution is 0.101. The average molecular weight is 190 g/mol. The van der Waals surface area contributed by atoms with Crippen LogP contribution in [0.25, 0.3) is 0 Å². The molecular formula is C11H14N2O. The van der Waals surface area contributed by atoms with Gasteiger partial charge in [0, 0.05) is 18.9 Å². The predicted octanol–water partition coefficient (Wildman–Crippen LogP) is 2.20. The van der Waals surface area contributed by atoms with E-state index in [4.69, 9.17) is 0 Å². The van der Waals surface area contributed by atoms with Crippen LogP contribution in [0, 0.1) is 0 Å². The number of carbonyl (C=O) groups is 1. The van der Waals surface area contributed by atoms with Crippen molar-refractivity contribution in [1.82, 2.24) is 9.55 Å². The first-order valence-corrected chi connectivity index (χ1v) is 5.07. The summed E-state index contributed by atoms with van der Waals surface area (Å²) in [5.41, 5.74) is 0.936. The second kappa shape index (κ2) is 3.78. The molecule has 0 atom stereocenters. The van der Waals surface area contributed by atoms with E-state index in [1.807, 2.05) is 23.8 Å². The van der Waals surface area contributed by atoms with Gasteiger partial charge >= 0.3 is 0 Å². The van der Waals surface area contributed by atoms with E-state index in [9.17, 15) is 4.79 Å². The number of nitrogens with zero attached hydrogens (tertiary/aromatic N) is 2. The molecule has 0 unspecified atom stereocenters. The fourth-order valence-corrected chi connectivity index (χ4v) is 1.79. The molecule has 0 aliphatic heterocycles. The predicted molar refractivity (Wildman–Crippen MR) is 54.2 cm³/mol. The Hall–Kier alpha value is -1.38. The Kier molecular flexibility index (Phi) is 2.48. The van der Waals surface area contributed by atoms with Gasteiger partial charge in [-0.15, -0.1) is 0 Å². The molecule has 0 radical (unpaired) electrons. The molecule has 0 spiro atoms. The van der Waals surface area contributed by atoms with Gasteiger partial charge in [-0.05, 0) is 31.8 Å². The Morgan fingerprint density at radius 1 is 1.64 bits per heavy atom. The second-order valence-corrected chi connectivity index (χ2v) is 3.49. The molecule has 0 amide bonds. The van der Waals surface area contributed by atoms with Crippen LogP contribution < -0.4 is 0 Å². The number of imidazole rings is 1. The van der Waals surface area contributed by atoms with Crippen LogP contribution in [0.15, 0.2) is 24.0 Å². The largest absolute Gasteiger partial charge is 0.329 e. The summed E-state index contributed by atoms with van der Waals surface area (Å²) in [5, 5.41) is 0. The van der Waals surface area contributed by atoms with Crippen molar-refractivity contribution < 1.29 is 4.79 Å². The molecule has 3 nitrogen and oxygen atoms in total. The molecule has 74 valence electrons. The van der Waals surface area contributed by atoms with Crippen LogP contribution in [0.3, 0.4) is 0 Å². The maximum absolute atomic E-state index is 11.9. The number of rotatable bonds is 3. The Labute approximate surface area is 83.5 Å². The van der Waals surface area contributed by atoms with Gasteiger partial charge in [-0.2, -0.15) is 0 Å². The van der Waals surface area contributed by atoms with Gasteiger partial charge in [0.05, 0.1) is 0 Å². The molecule has 3 heteroatoms. The zero-order chi connectivity index (χ0) is 9.97. The van der Waals surface area contributed by atoms with E-state index < -0.39 is 0 Å². The maximum Gasteiger partial charge on any atom is 0.224 e. The van der Waals surface area contributed by atoms with Gasteiger partial charge in [-0.25, -0.2) is 4.98 Å². The van der Waals surface area contributed by atoms with Crippen LogP contribution in [-0.2, 0) is 6.54 Å². The van der Waals surface area contributed by atoms with Crippen LogP contribution in [0.2, 0.25) is 0 Å². The van der Waals surface area contributed by atoms with Crippen molar-refractivity contribution in [3.05, 3.63) is 29.9 Å². The molecule has 0 fully saturated rings. The number of hydrogen-bond donors (Lipinski definition) is 0. The Bertz CT molecular complexity index is 376. The minimum Gasteiger partial charge on any atom is -0.329 e. The van der Waals surface area contributed by atoms with Gasteiger partial charge in [0.2, 0.25) is 5.78 Å². The van der Waals surface area contributed by atoms with Crippen LogP contribution in [-0.4, -0.2) is 15.3 Å². The number of hydrogen-bond acceptors (Lipinski definition) is 2. The van der Waals surface area contributed by atoms with E-state index in [0.29, 0.717) is 5.82 Å². The van der Waals surface area contributed by atoms with Crippen LogP contribution >= 0.6 is 0 Å². The number of aryl methyl sites for hydroxylation is 1. The number of ketones is 1. The summed E-state index contributed by atoms with van der Waals surface area (Å²) in [7, 11) is 0. The van der Waals surface area contributed by atoms with E-state index in [-0.39, 0.29) is 5.78 Å². The summed E-state index contributed by atoms with van der Waals surface area (Å²) in [4.78, 5) is 16.0. The number of Topliss-reactive ketones (excluding diaryl/α,β-unsaturated/α-hetero) is 1. The minimum absolute atomic E-state index is 0.106. The van der Waals surface area contributed by atoms with E-state index in [1.165, 1.54) is 0 Å². The molecule has 1 aliphatic carbocycles. The maximum atomic E-state index is 11.9. The summed E-state index contributed by atoms with van der Waals surface area (Å²) < 4.78 is 1.89. The van der Waals surface area contributed by atoms with Crippen molar-refractivity contribution in [3.8, 4) is 0 Å². The molecule has 0 aromatic carbocycles. The molecule has 2 rings (SSSR count). The van der Waals surface area contributed by atoms with Crippen LogP contribution in [0.1, 0.15) is 36.8 Å². The lowest BCUT2D eigenvalue weighted by atomic mass is 10.1. The highest BCUT2D eigenvalue weighted by Gasteiger charge is 2.18. The molecule has 0 saturated heterocycles. The van der Waals surface area contributed by atoms with Crippen molar-refractivity contribution in [1.29, 1.82) is 0 Å². The fraction of sp³-hybridized carbons (Fsp3) is 0.455. The summed E-state index contributed by atoms with van der Waals surface area (Å²) in [6, 6.07) is 0. The average Bonchev–Trinajstić information content (AvgIpc) is 2.87. The highest BCUT2D eigenvalue weighted by molar-refractivity contribution is 6.06. The first-order chi connectivity index (χ1) is 6.83. The summed E-state index contributed by atoms with van der Waals surface area (Å²) >= 11 is 0. The minimum atomic E-state index is 0.106. The molecular weight excluding hydrogens is 176 g/mol. The molecule has 14 heavy (non-hydrogen) atoms. The second-order valence-electron chi connectivity index (χ2n) is 3.49. The summed E-state index contributed by atoms with van der Waals surface area (Å²) in [6.45, 7) is 2.82. The quantitative estimate of drug-likeness (QED) is 0.685. The smallest absolute Gasteiger partial charge is 0.224 e. The third kappa shape index (κ3) is 1.50. The van der Waals surface area contributed by atoms with E-state index in [1.54, 1.807) is 6.20 Å². The van der Waals surface area contributed by atoms with Crippen molar-refractivity contribution in [2.45, 2.75) is 32.7 Å². The number of carbonyl (C=O) groups excluding carboxylic acids is 1. The zero-order valence-electron chi connectivity index (χ0n) is 8.36. The first-order valence-electron chi connectivity index (χ1n) is 5.07. The normalized spacial score (nSPS) is 15.6. The van der Waals surface area contributed by atoms with Gasteiger partial charge < -0.3 is 4.57 Å². The Morgan fingerprint density at radius 2 is 2.50 bits per heavy atom. The topological polar surface area (TPSA) is 34.9 Å². The van der Waals surface area contributed by atoms with Gasteiger partial charge in [-0.1, -0.05) is 6.08 Å². The highest BCUT2D eigenvalue weighted by Crippen LogP contribution is 2.21. The van der Waals surface area contributed by atoms with E-state index in [2.05, 4.69) is 4.98 Å². The Morgan fingerprint density at radius 3 is 3.14 bits per heavy atom. The molecule has 1 aromatic heterocycles. The van der Waals surface area contributed by atoms with Crippen molar-refractivity contribution in [2.24, 2.45) is 0 Å². The monoisotopic (exact) mass is 190 g/mol. The summed E-state index contributed by atoms with van der Waals surface area (Å²) in [6.07, 6.45) is 8.63. The first kappa shape index (κ1) is 9.19. The third-order valence-corrected chi connectivity index (χ3v) is 2.59. The van der Waals surface area contributed by atoms with E-state index in [0.717, 1.165) is 31.4 Å². The molecule has 0 bridgehead atoms. The van der Waals surface area contributed by atoms with Gasteiger partial charge in [0.25, 0.3) is 0 Å². The highest BCUT2D eigenvalue weighted by atomic mass is 16.1. The van der Waals surface area contributed by atoms with Crippen molar-refractivity contribution in [3.63, 3.8) is 0 Å². The third-order valence-electron chi connectivity index (χ3n) is 2.59. The summed E-state index contributed by atoms with van der Waals surface area (Å²) in [5.74, 6) is 0.690. The lowest BCUT2D eigenvalue weighted by Crippen LogP contribution is -2.10. The number of aromatic nitrogens is 2. The Balaban J connectivity index is 2.26. The van der Waals surface area contributed by atoms with Gasteiger partial charge in [0.1, 0.15) is 0 Å². The molecule has 1 aliphatic rings. The van der Waals surface area contributed by atoms with Crippen molar-refractivity contribution >= 4 is 5.78 Å². The fourth-order valence-electron chi connectivity index (χ4n) is 1.79. The van der Waals surface area contributed by atoms with Crippen molar-refractivity contribution in [2.75, 3.05) is 0 Å². The van der Waals surface area contributed by atoms with Crippen LogP contribution in [0.4, 0.5) is 0 Å². The molecule has 0 N–H and O–H groups in total. The molecule has 1 aromatic rings. The number of allylic oxidation sites excluding steroid dienone is 2. The SMILES string of the molecule is CCn1ccnc1C(=O)C1=CCCC1. The molecule has 0 saturated carbocycles. The standard InChI is InChI=1S/C11H14N2O/c1-2-13-8-7-12-11(13)10(14)9-5-3-4-6-9/h5,7-8H,2-4,6H2,1H3. The van der Waals surface area contributed by atoms with Gasteiger partial charge in [-0.3, -0.25) is 4.79 Å². The molecule has 1 heterocycles.